The molecule has 3 aromatic rings. The lowest BCUT2D eigenvalue weighted by Crippen LogP contribution is -2.56. The van der Waals surface area contributed by atoms with Crippen LogP contribution in [0.1, 0.15) is 32.3 Å². The molecule has 0 spiro atoms. The van der Waals surface area contributed by atoms with Gasteiger partial charge >= 0.3 is 12.2 Å². The van der Waals surface area contributed by atoms with Crippen LogP contribution in [0.25, 0.3) is 11.4 Å². The van der Waals surface area contributed by atoms with Gasteiger partial charge in [0.2, 0.25) is 5.88 Å². The highest BCUT2D eigenvalue weighted by molar-refractivity contribution is 6.04. The Hall–Kier alpha value is -4.04. The van der Waals surface area contributed by atoms with Gasteiger partial charge in [0, 0.05) is 18.7 Å². The van der Waals surface area contributed by atoms with Crippen LogP contribution in [-0.2, 0) is 15.7 Å². The fraction of sp³-hybridized carbons (Fsp3) is 0.444. The van der Waals surface area contributed by atoms with Crippen LogP contribution >= 0.6 is 0 Å². The molecule has 6 rings (SSSR count). The van der Waals surface area contributed by atoms with Crippen molar-refractivity contribution in [1.29, 1.82) is 0 Å². The molecule has 2 fully saturated rings. The van der Waals surface area contributed by atoms with Gasteiger partial charge in [-0.1, -0.05) is 12.1 Å². The van der Waals surface area contributed by atoms with Crippen molar-refractivity contribution in [2.24, 2.45) is 0 Å². The van der Waals surface area contributed by atoms with Crippen LogP contribution in [-0.4, -0.2) is 70.2 Å². The van der Waals surface area contributed by atoms with Crippen molar-refractivity contribution in [2.75, 3.05) is 41.4 Å². The van der Waals surface area contributed by atoms with Crippen LogP contribution in [0.3, 0.4) is 0 Å². The summed E-state index contributed by atoms with van der Waals surface area (Å²) in [5, 5.41) is 2.76. The Kier molecular flexibility index (Phi) is 6.90. The van der Waals surface area contributed by atoms with Crippen LogP contribution in [0.2, 0.25) is 0 Å². The van der Waals surface area contributed by atoms with Crippen molar-refractivity contribution in [1.82, 2.24) is 19.9 Å². The maximum absolute atomic E-state index is 13.6. The Morgan fingerprint density at radius 2 is 2.05 bits per heavy atom. The molecule has 5 heterocycles. The summed E-state index contributed by atoms with van der Waals surface area (Å²) < 4.78 is 56.8. The monoisotopic (exact) mass is 571 g/mol. The normalized spacial score (nSPS) is 21.4. The molecule has 2 amide bonds. The molecular formula is C27H28F3N7O4. The number of benzene rings is 1. The highest BCUT2D eigenvalue weighted by Crippen LogP contribution is 2.39. The molecule has 3 aliphatic rings. The number of nitrogens with one attached hydrogen (secondary N) is 1. The van der Waals surface area contributed by atoms with Crippen LogP contribution in [0.15, 0.2) is 42.9 Å². The highest BCUT2D eigenvalue weighted by atomic mass is 19.4. The van der Waals surface area contributed by atoms with E-state index in [1.807, 2.05) is 13.8 Å². The van der Waals surface area contributed by atoms with E-state index in [-0.39, 0.29) is 41.8 Å². The van der Waals surface area contributed by atoms with Gasteiger partial charge < -0.3 is 19.1 Å². The minimum absolute atomic E-state index is 0.0927. The Labute approximate surface area is 233 Å². The lowest BCUT2D eigenvalue weighted by molar-refractivity contribution is -0.141. The van der Waals surface area contributed by atoms with Gasteiger partial charge in [0.25, 0.3) is 0 Å². The summed E-state index contributed by atoms with van der Waals surface area (Å²) in [4.78, 5) is 34.6. The molecule has 0 aliphatic carbocycles. The first-order valence-corrected chi connectivity index (χ1v) is 13.2. The summed E-state index contributed by atoms with van der Waals surface area (Å²) in [6.07, 6.45) is 1.22. The molecule has 0 saturated carbocycles. The number of fused-ring (bicyclic) bond motifs is 4. The van der Waals surface area contributed by atoms with E-state index in [1.165, 1.54) is 29.4 Å². The van der Waals surface area contributed by atoms with Crippen molar-refractivity contribution >= 4 is 23.4 Å². The van der Waals surface area contributed by atoms with E-state index in [2.05, 4.69) is 30.2 Å². The molecule has 11 nitrogen and oxygen atoms in total. The van der Waals surface area contributed by atoms with Crippen molar-refractivity contribution in [2.45, 2.75) is 50.8 Å². The van der Waals surface area contributed by atoms with Gasteiger partial charge in [-0.05, 0) is 38.8 Å². The zero-order valence-electron chi connectivity index (χ0n) is 22.4. The lowest BCUT2D eigenvalue weighted by Gasteiger charge is -2.45. The van der Waals surface area contributed by atoms with Gasteiger partial charge in [-0.25, -0.2) is 24.7 Å². The highest BCUT2D eigenvalue weighted by Gasteiger charge is 2.39. The largest absolute Gasteiger partial charge is 0.474 e. The van der Waals surface area contributed by atoms with Gasteiger partial charge in [0.15, 0.2) is 23.2 Å². The van der Waals surface area contributed by atoms with Gasteiger partial charge in [-0.2, -0.15) is 13.2 Å². The van der Waals surface area contributed by atoms with E-state index in [0.29, 0.717) is 24.7 Å². The number of carbonyl (C=O) groups excluding carboxylic acids is 1. The molecule has 14 heteroatoms. The number of rotatable bonds is 5. The second-order valence-corrected chi connectivity index (χ2v) is 10.5. The van der Waals surface area contributed by atoms with Gasteiger partial charge in [0.1, 0.15) is 12.7 Å². The summed E-state index contributed by atoms with van der Waals surface area (Å²) in [6, 6.07) is 4.15. The van der Waals surface area contributed by atoms with Gasteiger partial charge in [-0.3, -0.25) is 10.2 Å². The number of hydrogen-bond donors (Lipinski definition) is 1. The molecule has 2 bridgehead atoms. The number of ether oxygens (including phenoxy) is 3. The molecule has 3 aliphatic heterocycles. The van der Waals surface area contributed by atoms with E-state index < -0.39 is 23.6 Å². The summed E-state index contributed by atoms with van der Waals surface area (Å²) in [6.45, 7) is 5.66. The number of halogens is 3. The van der Waals surface area contributed by atoms with Gasteiger partial charge in [0.05, 0.1) is 42.5 Å². The second-order valence-electron chi connectivity index (χ2n) is 10.5. The Morgan fingerprint density at radius 1 is 1.20 bits per heavy atom. The number of hydrogen-bond acceptors (Lipinski definition) is 9. The summed E-state index contributed by atoms with van der Waals surface area (Å²) >= 11 is 0. The number of piperidine rings is 1. The third-order valence-corrected chi connectivity index (χ3v) is 7.10. The predicted molar refractivity (Wildman–Crippen MR) is 142 cm³/mol. The summed E-state index contributed by atoms with van der Waals surface area (Å²) in [5.74, 6) is 0.234. The molecule has 1 N–H and O–H groups in total. The topological polar surface area (TPSA) is 115 Å². The molecule has 1 unspecified atom stereocenters. The third kappa shape index (κ3) is 5.75. The van der Waals surface area contributed by atoms with Crippen molar-refractivity contribution in [3.8, 4) is 17.3 Å². The zero-order chi connectivity index (χ0) is 28.8. The molecule has 2 atom stereocenters. The first-order chi connectivity index (χ1) is 19.6. The van der Waals surface area contributed by atoms with Crippen LogP contribution < -0.4 is 19.9 Å². The molecule has 2 aromatic heterocycles. The van der Waals surface area contributed by atoms with Crippen molar-refractivity contribution in [3.05, 3.63) is 48.4 Å². The maximum atomic E-state index is 13.6. The Bertz CT molecular complexity index is 1440. The number of alkyl halides is 3. The molecule has 2 saturated heterocycles. The standard InChI is InChI=1S/C27H28F3N7O4/c1-26(2)40-15-19(41-26)14-39-22-12-31-21(11-32-22)34-25(38)37-18-7-4-8-36(13-18)20-10-33-23(35-24(20)37)16-5-3-6-17(9-16)27(28,29)30/h3,5-6,9-12,18-19H,4,7-8,13-15H2,1-2H3,(H,31,34,38)/t18-,19?/m0/s1. The minimum atomic E-state index is -4.50. The Balaban J connectivity index is 1.21. The van der Waals surface area contributed by atoms with E-state index in [0.717, 1.165) is 31.5 Å². The smallest absolute Gasteiger partial charge is 0.416 e. The maximum Gasteiger partial charge on any atom is 0.416 e. The molecule has 41 heavy (non-hydrogen) atoms. The number of urea groups is 1. The number of amides is 2. The average Bonchev–Trinajstić information content (AvgIpc) is 3.30. The van der Waals surface area contributed by atoms with E-state index in [4.69, 9.17) is 14.2 Å². The predicted octanol–water partition coefficient (Wildman–Crippen LogP) is 4.50. The molecule has 1 aromatic carbocycles. The molecule has 0 radical (unpaired) electrons. The van der Waals surface area contributed by atoms with Crippen molar-refractivity contribution in [3.63, 3.8) is 0 Å². The van der Waals surface area contributed by atoms with Crippen LogP contribution in [0.4, 0.5) is 35.3 Å². The summed E-state index contributed by atoms with van der Waals surface area (Å²) in [7, 11) is 0. The van der Waals surface area contributed by atoms with Gasteiger partial charge in [-0.15, -0.1) is 0 Å². The van der Waals surface area contributed by atoms with Crippen molar-refractivity contribution < 1.29 is 32.2 Å². The fourth-order valence-corrected chi connectivity index (χ4v) is 5.21. The number of nitrogens with zero attached hydrogens (tertiary/aromatic N) is 6. The third-order valence-electron chi connectivity index (χ3n) is 7.10. The first kappa shape index (κ1) is 27.1. The zero-order valence-corrected chi connectivity index (χ0v) is 22.4. The minimum Gasteiger partial charge on any atom is -0.474 e. The number of aromatic nitrogens is 4. The molecule has 216 valence electrons. The van der Waals surface area contributed by atoms with Crippen LogP contribution in [0, 0.1) is 0 Å². The van der Waals surface area contributed by atoms with E-state index >= 15 is 0 Å². The number of anilines is 3. The summed E-state index contributed by atoms with van der Waals surface area (Å²) in [5.41, 5.74) is 0.0433. The quantitative estimate of drug-likeness (QED) is 0.473. The van der Waals surface area contributed by atoms with Crippen LogP contribution in [0.5, 0.6) is 5.88 Å². The van der Waals surface area contributed by atoms with E-state index in [1.54, 1.807) is 6.20 Å². The second kappa shape index (κ2) is 10.4. The lowest BCUT2D eigenvalue weighted by atomic mass is 10.0. The first-order valence-electron chi connectivity index (χ1n) is 13.2. The molecular weight excluding hydrogens is 543 g/mol. The SMILES string of the molecule is CC1(C)OCC(COc2cnc(NC(=O)N3c4nc(-c5cccc(C(F)(F)F)c5)ncc4N4CCC[C@H]3C4)cn2)O1. The average molecular weight is 572 g/mol. The van der Waals surface area contributed by atoms with E-state index in [9.17, 15) is 18.0 Å². The fourth-order valence-electron chi connectivity index (χ4n) is 5.21. The number of carbonyl (C=O) groups is 1. The Morgan fingerprint density at radius 3 is 2.78 bits per heavy atom.